The van der Waals surface area contributed by atoms with Crippen LogP contribution >= 0.6 is 0 Å². The van der Waals surface area contributed by atoms with Crippen LogP contribution in [0, 0.1) is 0 Å². The molecule has 15 heavy (non-hydrogen) atoms. The highest BCUT2D eigenvalue weighted by atomic mass is 16.1. The van der Waals surface area contributed by atoms with Crippen LogP contribution in [0.2, 0.25) is 0 Å². The van der Waals surface area contributed by atoms with Gasteiger partial charge in [0.25, 0.3) is 0 Å². The third-order valence-corrected chi connectivity index (χ3v) is 1.90. The van der Waals surface area contributed by atoms with Crippen LogP contribution in [-0.4, -0.2) is 34.5 Å². The molecule has 1 aromatic rings. The van der Waals surface area contributed by atoms with Gasteiger partial charge in [-0.2, -0.15) is 0 Å². The highest BCUT2D eigenvalue weighted by molar-refractivity contribution is 5.75. The monoisotopic (exact) mass is 211 g/mol. The SMILES string of the molecule is CCCNCc1cn(CC(=O)NC)nn1. The molecule has 1 rings (SSSR count). The van der Waals surface area contributed by atoms with Gasteiger partial charge in [0.15, 0.2) is 0 Å². The number of hydrogen-bond donors (Lipinski definition) is 2. The molecule has 1 amide bonds. The van der Waals surface area contributed by atoms with Crippen LogP contribution in [0.15, 0.2) is 6.20 Å². The summed E-state index contributed by atoms with van der Waals surface area (Å²) in [4.78, 5) is 11.0. The summed E-state index contributed by atoms with van der Waals surface area (Å²) in [6.07, 6.45) is 2.87. The molecule has 0 aromatic carbocycles. The third kappa shape index (κ3) is 4.07. The topological polar surface area (TPSA) is 71.8 Å². The number of rotatable bonds is 6. The van der Waals surface area contributed by atoms with Gasteiger partial charge in [0, 0.05) is 13.6 Å². The molecule has 84 valence electrons. The molecule has 0 aliphatic heterocycles. The van der Waals surface area contributed by atoms with Gasteiger partial charge >= 0.3 is 0 Å². The molecular formula is C9H17N5O. The Hall–Kier alpha value is -1.43. The number of amides is 1. The average molecular weight is 211 g/mol. The zero-order chi connectivity index (χ0) is 11.1. The fourth-order valence-corrected chi connectivity index (χ4v) is 1.12. The molecule has 0 spiro atoms. The molecular weight excluding hydrogens is 194 g/mol. The molecule has 0 unspecified atom stereocenters. The van der Waals surface area contributed by atoms with Gasteiger partial charge in [-0.1, -0.05) is 12.1 Å². The summed E-state index contributed by atoms with van der Waals surface area (Å²) in [6.45, 7) is 3.98. The molecule has 6 nitrogen and oxygen atoms in total. The number of aromatic nitrogens is 3. The van der Waals surface area contributed by atoms with Gasteiger partial charge in [-0.25, -0.2) is 4.68 Å². The summed E-state index contributed by atoms with van der Waals surface area (Å²) in [5, 5.41) is 13.5. The van der Waals surface area contributed by atoms with Crippen molar-refractivity contribution in [2.45, 2.75) is 26.4 Å². The van der Waals surface area contributed by atoms with E-state index in [1.54, 1.807) is 13.2 Å². The Bertz CT molecular complexity index is 309. The highest BCUT2D eigenvalue weighted by Crippen LogP contribution is 1.92. The first-order valence-electron chi connectivity index (χ1n) is 5.06. The first kappa shape index (κ1) is 11.6. The van der Waals surface area contributed by atoms with Crippen molar-refractivity contribution in [1.82, 2.24) is 25.6 Å². The van der Waals surface area contributed by atoms with E-state index in [-0.39, 0.29) is 12.5 Å². The van der Waals surface area contributed by atoms with Crippen molar-refractivity contribution in [3.05, 3.63) is 11.9 Å². The van der Waals surface area contributed by atoms with Crippen molar-refractivity contribution in [3.8, 4) is 0 Å². The van der Waals surface area contributed by atoms with Crippen molar-refractivity contribution < 1.29 is 4.79 Å². The summed E-state index contributed by atoms with van der Waals surface area (Å²) in [7, 11) is 1.60. The second-order valence-corrected chi connectivity index (χ2v) is 3.26. The van der Waals surface area contributed by atoms with E-state index in [4.69, 9.17) is 0 Å². The van der Waals surface area contributed by atoms with Gasteiger partial charge in [-0.05, 0) is 13.0 Å². The summed E-state index contributed by atoms with van der Waals surface area (Å²) in [6, 6.07) is 0. The van der Waals surface area contributed by atoms with Crippen molar-refractivity contribution in [2.24, 2.45) is 0 Å². The van der Waals surface area contributed by atoms with Crippen LogP contribution in [0.25, 0.3) is 0 Å². The first-order chi connectivity index (χ1) is 7.26. The molecule has 0 fully saturated rings. The number of nitrogens with one attached hydrogen (secondary N) is 2. The van der Waals surface area contributed by atoms with Crippen LogP contribution < -0.4 is 10.6 Å². The van der Waals surface area contributed by atoms with E-state index in [0.717, 1.165) is 18.7 Å². The van der Waals surface area contributed by atoms with E-state index >= 15 is 0 Å². The van der Waals surface area contributed by atoms with Crippen LogP contribution in [-0.2, 0) is 17.9 Å². The molecule has 0 bridgehead atoms. The van der Waals surface area contributed by atoms with Crippen LogP contribution in [0.1, 0.15) is 19.0 Å². The standard InChI is InChI=1S/C9H17N5O/c1-3-4-11-5-8-6-14(13-12-8)7-9(15)10-2/h6,11H,3-5,7H2,1-2H3,(H,10,15). The van der Waals surface area contributed by atoms with Gasteiger partial charge < -0.3 is 10.6 Å². The van der Waals surface area contributed by atoms with Crippen LogP contribution in [0.4, 0.5) is 0 Å². The van der Waals surface area contributed by atoms with E-state index in [9.17, 15) is 4.79 Å². The molecule has 0 aliphatic rings. The summed E-state index contributed by atoms with van der Waals surface area (Å²) < 4.78 is 1.53. The minimum absolute atomic E-state index is 0.0760. The second-order valence-electron chi connectivity index (χ2n) is 3.26. The normalized spacial score (nSPS) is 10.3. The van der Waals surface area contributed by atoms with Crippen molar-refractivity contribution >= 4 is 5.91 Å². The molecule has 2 N–H and O–H groups in total. The fourth-order valence-electron chi connectivity index (χ4n) is 1.12. The minimum atomic E-state index is -0.0760. The second kappa shape index (κ2) is 6.13. The molecule has 0 atom stereocenters. The zero-order valence-corrected chi connectivity index (χ0v) is 9.16. The lowest BCUT2D eigenvalue weighted by molar-refractivity contribution is -0.121. The van der Waals surface area contributed by atoms with Crippen molar-refractivity contribution in [2.75, 3.05) is 13.6 Å². The Balaban J connectivity index is 2.38. The Labute approximate surface area is 89.0 Å². The smallest absolute Gasteiger partial charge is 0.241 e. The maximum Gasteiger partial charge on any atom is 0.241 e. The van der Waals surface area contributed by atoms with E-state index < -0.39 is 0 Å². The van der Waals surface area contributed by atoms with Gasteiger partial charge in [0.1, 0.15) is 6.54 Å². The lowest BCUT2D eigenvalue weighted by atomic mass is 10.4. The maximum absolute atomic E-state index is 11.0. The highest BCUT2D eigenvalue weighted by Gasteiger charge is 2.03. The molecule has 0 aliphatic carbocycles. The Kier molecular flexibility index (Phi) is 4.76. The summed E-state index contributed by atoms with van der Waals surface area (Å²) in [5.41, 5.74) is 0.854. The Morgan fingerprint density at radius 3 is 3.07 bits per heavy atom. The first-order valence-corrected chi connectivity index (χ1v) is 5.06. The number of carbonyl (C=O) groups is 1. The van der Waals surface area contributed by atoms with Crippen LogP contribution in [0.3, 0.4) is 0 Å². The summed E-state index contributed by atoms with van der Waals surface area (Å²) in [5.74, 6) is -0.0760. The predicted octanol–water partition coefficient (Wildman–Crippen LogP) is -0.476. The minimum Gasteiger partial charge on any atom is -0.358 e. The quantitative estimate of drug-likeness (QED) is 0.624. The van der Waals surface area contributed by atoms with E-state index in [1.807, 2.05) is 0 Å². The van der Waals surface area contributed by atoms with Crippen LogP contribution in [0.5, 0.6) is 0 Å². The molecule has 0 saturated heterocycles. The predicted molar refractivity (Wildman–Crippen MR) is 56.1 cm³/mol. The van der Waals surface area contributed by atoms with Gasteiger partial charge in [-0.3, -0.25) is 4.79 Å². The fraction of sp³-hybridized carbons (Fsp3) is 0.667. The van der Waals surface area contributed by atoms with E-state index in [2.05, 4.69) is 27.9 Å². The number of nitrogens with zero attached hydrogens (tertiary/aromatic N) is 3. The lowest BCUT2D eigenvalue weighted by Gasteiger charge is -1.98. The Morgan fingerprint density at radius 2 is 2.40 bits per heavy atom. The molecule has 1 aromatic heterocycles. The average Bonchev–Trinajstić information content (AvgIpc) is 2.66. The van der Waals surface area contributed by atoms with Crippen molar-refractivity contribution in [1.29, 1.82) is 0 Å². The largest absolute Gasteiger partial charge is 0.358 e. The number of likely N-dealkylation sites (N-methyl/N-ethyl adjacent to an activating group) is 1. The third-order valence-electron chi connectivity index (χ3n) is 1.90. The van der Waals surface area contributed by atoms with Gasteiger partial charge in [0.2, 0.25) is 5.91 Å². The van der Waals surface area contributed by atoms with Gasteiger partial charge in [-0.15, -0.1) is 5.10 Å². The molecule has 0 radical (unpaired) electrons. The van der Waals surface area contributed by atoms with E-state index in [1.165, 1.54) is 4.68 Å². The lowest BCUT2D eigenvalue weighted by Crippen LogP contribution is -2.23. The zero-order valence-electron chi connectivity index (χ0n) is 9.16. The Morgan fingerprint density at radius 1 is 1.60 bits per heavy atom. The molecule has 6 heteroatoms. The summed E-state index contributed by atoms with van der Waals surface area (Å²) >= 11 is 0. The number of hydrogen-bond acceptors (Lipinski definition) is 4. The number of carbonyl (C=O) groups excluding carboxylic acids is 1. The van der Waals surface area contributed by atoms with Crippen molar-refractivity contribution in [3.63, 3.8) is 0 Å². The molecule has 1 heterocycles. The van der Waals surface area contributed by atoms with Gasteiger partial charge in [0.05, 0.1) is 11.9 Å². The maximum atomic E-state index is 11.0. The molecule has 0 saturated carbocycles. The van der Waals surface area contributed by atoms with E-state index in [0.29, 0.717) is 6.54 Å².